The fourth-order valence-corrected chi connectivity index (χ4v) is 3.85. The Kier molecular flexibility index (Phi) is 3.83. The molecule has 3 heterocycles. The minimum absolute atomic E-state index is 0.118. The number of aromatic hydroxyl groups is 1. The minimum atomic E-state index is -0.118. The van der Waals surface area contributed by atoms with Gasteiger partial charge in [0.1, 0.15) is 5.75 Å². The molecule has 2 N–H and O–H groups in total. The van der Waals surface area contributed by atoms with E-state index in [0.29, 0.717) is 23.4 Å². The van der Waals surface area contributed by atoms with E-state index in [-0.39, 0.29) is 11.3 Å². The zero-order valence-electron chi connectivity index (χ0n) is 15.1. The van der Waals surface area contributed by atoms with Crippen LogP contribution >= 0.6 is 0 Å². The Bertz CT molecular complexity index is 1230. The Morgan fingerprint density at radius 2 is 1.75 bits per heavy atom. The van der Waals surface area contributed by atoms with Crippen molar-refractivity contribution in [1.82, 2.24) is 15.2 Å². The summed E-state index contributed by atoms with van der Waals surface area (Å²) >= 11 is 0. The highest BCUT2D eigenvalue weighted by molar-refractivity contribution is 5.84. The van der Waals surface area contributed by atoms with Crippen molar-refractivity contribution >= 4 is 16.7 Å². The van der Waals surface area contributed by atoms with Crippen LogP contribution in [0.3, 0.4) is 0 Å². The maximum absolute atomic E-state index is 12.7. The van der Waals surface area contributed by atoms with E-state index in [1.54, 1.807) is 18.2 Å². The van der Waals surface area contributed by atoms with Gasteiger partial charge in [-0.25, -0.2) is 0 Å². The molecule has 0 unspecified atom stereocenters. The number of aromatic nitrogens is 3. The predicted molar refractivity (Wildman–Crippen MR) is 108 cm³/mol. The van der Waals surface area contributed by atoms with Crippen LogP contribution in [0.5, 0.6) is 5.75 Å². The summed E-state index contributed by atoms with van der Waals surface area (Å²) in [5, 5.41) is 19.4. The number of fused-ring (bicyclic) bond motifs is 3. The van der Waals surface area contributed by atoms with Crippen molar-refractivity contribution in [2.24, 2.45) is 0 Å². The molecule has 1 aliphatic heterocycles. The quantitative estimate of drug-likeness (QED) is 0.566. The van der Waals surface area contributed by atoms with E-state index in [0.717, 1.165) is 35.2 Å². The van der Waals surface area contributed by atoms with E-state index < -0.39 is 0 Å². The third-order valence-electron chi connectivity index (χ3n) is 5.27. The molecule has 2 aromatic heterocycles. The number of nitrogens with zero attached hydrogens (tertiary/aromatic N) is 3. The lowest BCUT2D eigenvalue weighted by molar-refractivity contribution is 0.477. The number of H-pyrrole nitrogens is 1. The molecule has 138 valence electrons. The lowest BCUT2D eigenvalue weighted by atomic mass is 9.96. The van der Waals surface area contributed by atoms with Crippen LogP contribution in [0.1, 0.15) is 11.1 Å². The molecular formula is C22H18N4O2. The molecule has 0 atom stereocenters. The molecule has 5 rings (SSSR count). The molecule has 1 aliphatic rings. The van der Waals surface area contributed by atoms with E-state index in [4.69, 9.17) is 0 Å². The molecule has 2 aromatic carbocycles. The third kappa shape index (κ3) is 2.70. The number of benzene rings is 2. The molecule has 4 aromatic rings. The van der Waals surface area contributed by atoms with Gasteiger partial charge in [0, 0.05) is 35.3 Å². The first-order chi connectivity index (χ1) is 13.7. The Morgan fingerprint density at radius 3 is 2.57 bits per heavy atom. The maximum Gasteiger partial charge on any atom is 0.254 e. The highest BCUT2D eigenvalue weighted by Gasteiger charge is 2.23. The zero-order chi connectivity index (χ0) is 19.1. The normalized spacial score (nSPS) is 13.5. The Morgan fingerprint density at radius 1 is 0.964 bits per heavy atom. The van der Waals surface area contributed by atoms with Crippen LogP contribution in [-0.4, -0.2) is 26.8 Å². The van der Waals surface area contributed by atoms with Crippen LogP contribution in [0.2, 0.25) is 0 Å². The van der Waals surface area contributed by atoms with E-state index in [1.807, 2.05) is 30.3 Å². The first-order valence-electron chi connectivity index (χ1n) is 9.20. The van der Waals surface area contributed by atoms with Crippen molar-refractivity contribution < 1.29 is 5.11 Å². The lowest BCUT2D eigenvalue weighted by Crippen LogP contribution is -2.35. The summed E-state index contributed by atoms with van der Waals surface area (Å²) < 4.78 is 0. The molecule has 0 amide bonds. The number of aromatic amines is 1. The van der Waals surface area contributed by atoms with Gasteiger partial charge in [0.25, 0.3) is 5.56 Å². The molecule has 28 heavy (non-hydrogen) atoms. The van der Waals surface area contributed by atoms with Crippen molar-refractivity contribution in [2.45, 2.75) is 13.0 Å². The molecule has 0 saturated carbocycles. The summed E-state index contributed by atoms with van der Waals surface area (Å²) in [5.74, 6) is 0.157. The Balaban J connectivity index is 1.63. The van der Waals surface area contributed by atoms with Gasteiger partial charge in [-0.1, -0.05) is 30.3 Å². The minimum Gasteiger partial charge on any atom is -0.507 e. The van der Waals surface area contributed by atoms with Gasteiger partial charge in [-0.3, -0.25) is 4.79 Å². The number of phenolic OH excluding ortho intramolecular Hbond substituents is 1. The van der Waals surface area contributed by atoms with Crippen LogP contribution < -0.4 is 10.5 Å². The first kappa shape index (κ1) is 16.5. The van der Waals surface area contributed by atoms with Crippen LogP contribution in [0.4, 0.5) is 5.69 Å². The van der Waals surface area contributed by atoms with E-state index in [9.17, 15) is 9.90 Å². The maximum atomic E-state index is 12.7. The third-order valence-corrected chi connectivity index (χ3v) is 5.27. The summed E-state index contributed by atoms with van der Waals surface area (Å²) in [4.78, 5) is 17.7. The van der Waals surface area contributed by atoms with Gasteiger partial charge in [0.05, 0.1) is 5.69 Å². The summed E-state index contributed by atoms with van der Waals surface area (Å²) in [6, 6.07) is 19.1. The van der Waals surface area contributed by atoms with E-state index >= 15 is 0 Å². The summed E-state index contributed by atoms with van der Waals surface area (Å²) in [7, 11) is 0. The van der Waals surface area contributed by atoms with Gasteiger partial charge in [0.2, 0.25) is 0 Å². The molecular weight excluding hydrogens is 352 g/mol. The second-order valence-electron chi connectivity index (χ2n) is 6.93. The number of hydrogen-bond acceptors (Lipinski definition) is 5. The molecule has 0 spiro atoms. The van der Waals surface area contributed by atoms with Gasteiger partial charge in [-0.2, -0.15) is 0 Å². The van der Waals surface area contributed by atoms with Gasteiger partial charge < -0.3 is 15.0 Å². The monoisotopic (exact) mass is 370 g/mol. The number of nitrogens with one attached hydrogen (secondary N) is 1. The van der Waals surface area contributed by atoms with Crippen molar-refractivity contribution in [3.63, 3.8) is 0 Å². The second-order valence-corrected chi connectivity index (χ2v) is 6.93. The van der Waals surface area contributed by atoms with Crippen molar-refractivity contribution in [3.8, 4) is 17.0 Å². The molecule has 0 aliphatic carbocycles. The Hall–Kier alpha value is -3.67. The lowest BCUT2D eigenvalue weighted by Gasteiger charge is -2.30. The Labute approximate surface area is 161 Å². The molecule has 0 saturated heterocycles. The van der Waals surface area contributed by atoms with Crippen LogP contribution in [0.15, 0.2) is 65.5 Å². The fourth-order valence-electron chi connectivity index (χ4n) is 3.85. The van der Waals surface area contributed by atoms with Crippen molar-refractivity contribution in [3.05, 3.63) is 82.1 Å². The number of anilines is 1. The zero-order valence-corrected chi connectivity index (χ0v) is 15.1. The van der Waals surface area contributed by atoms with Gasteiger partial charge >= 0.3 is 0 Å². The number of rotatable bonds is 2. The predicted octanol–water partition coefficient (Wildman–Crippen LogP) is 3.25. The van der Waals surface area contributed by atoms with E-state index in [1.165, 1.54) is 0 Å². The molecule has 0 fully saturated rings. The number of para-hydroxylation sites is 2. The van der Waals surface area contributed by atoms with Gasteiger partial charge in [0.15, 0.2) is 5.65 Å². The largest absolute Gasteiger partial charge is 0.507 e. The standard InChI is InChI=1S/C22H18N4O2/c27-20-9-5-4-8-16(20)19-12-17-15-10-11-26(14-6-2-1-3-7-14)13-18(15)22(28)23-21(17)25-24-19/h1-9,12,27H,10-11,13H2,(H,23,25,28). The topological polar surface area (TPSA) is 82.1 Å². The summed E-state index contributed by atoms with van der Waals surface area (Å²) in [6.45, 7) is 1.38. The smallest absolute Gasteiger partial charge is 0.254 e. The van der Waals surface area contributed by atoms with E-state index in [2.05, 4.69) is 32.2 Å². The van der Waals surface area contributed by atoms with Crippen molar-refractivity contribution in [1.29, 1.82) is 0 Å². The molecule has 6 heteroatoms. The summed E-state index contributed by atoms with van der Waals surface area (Å²) in [5.41, 5.74) is 4.46. The van der Waals surface area contributed by atoms with Crippen LogP contribution in [-0.2, 0) is 13.0 Å². The number of hydrogen-bond donors (Lipinski definition) is 2. The van der Waals surface area contributed by atoms with Gasteiger partial charge in [-0.15, -0.1) is 10.2 Å². The average Bonchev–Trinajstić information content (AvgIpc) is 2.74. The number of pyridine rings is 1. The molecule has 0 bridgehead atoms. The summed E-state index contributed by atoms with van der Waals surface area (Å²) in [6.07, 6.45) is 0.747. The average molecular weight is 370 g/mol. The molecule has 0 radical (unpaired) electrons. The first-order valence-corrected chi connectivity index (χ1v) is 9.20. The number of phenols is 1. The molecule has 6 nitrogen and oxygen atoms in total. The second kappa shape index (κ2) is 6.49. The van der Waals surface area contributed by atoms with Gasteiger partial charge in [-0.05, 0) is 42.3 Å². The van der Waals surface area contributed by atoms with Crippen molar-refractivity contribution in [2.75, 3.05) is 11.4 Å². The van der Waals surface area contributed by atoms with Crippen LogP contribution in [0.25, 0.3) is 22.3 Å². The highest BCUT2D eigenvalue weighted by Crippen LogP contribution is 2.31. The fraction of sp³-hybridized carbons (Fsp3) is 0.136. The van der Waals surface area contributed by atoms with Crippen LogP contribution in [0, 0.1) is 0 Å². The SMILES string of the molecule is O=c1[nH]c2nnc(-c3ccccc3O)cc2c2c1CN(c1ccccc1)CC2. The highest BCUT2D eigenvalue weighted by atomic mass is 16.3.